The average Bonchev–Trinajstić information content (AvgIpc) is 2.46. The van der Waals surface area contributed by atoms with Crippen LogP contribution >= 0.6 is 35.0 Å². The summed E-state index contributed by atoms with van der Waals surface area (Å²) >= 11 is 13.6. The molecule has 0 heterocycles. The van der Waals surface area contributed by atoms with Gasteiger partial charge in [0.05, 0.1) is 5.02 Å². The molecule has 104 valence electrons. The van der Waals surface area contributed by atoms with E-state index < -0.39 is 0 Å². The second-order valence-corrected chi connectivity index (χ2v) is 5.88. The number of rotatable bonds is 6. The van der Waals surface area contributed by atoms with E-state index in [-0.39, 0.29) is 0 Å². The van der Waals surface area contributed by atoms with Gasteiger partial charge in [0.1, 0.15) is 12.4 Å². The summed E-state index contributed by atoms with van der Waals surface area (Å²) < 4.78 is 5.56. The molecule has 0 amide bonds. The van der Waals surface area contributed by atoms with Crippen LogP contribution in [0.15, 0.2) is 65.6 Å². The second kappa shape index (κ2) is 8.25. The summed E-state index contributed by atoms with van der Waals surface area (Å²) in [5, 5.41) is 1.51. The van der Waals surface area contributed by atoms with Gasteiger partial charge in [-0.1, -0.05) is 47.5 Å². The van der Waals surface area contributed by atoms with Crippen LogP contribution in [0.5, 0.6) is 5.75 Å². The molecule has 0 radical (unpaired) electrons. The molecule has 0 fully saturated rings. The van der Waals surface area contributed by atoms with Gasteiger partial charge in [-0.05, 0) is 36.4 Å². The van der Waals surface area contributed by atoms with Gasteiger partial charge in [-0.2, -0.15) is 0 Å². The van der Waals surface area contributed by atoms with E-state index in [4.69, 9.17) is 27.9 Å². The Morgan fingerprint density at radius 3 is 2.45 bits per heavy atom. The van der Waals surface area contributed by atoms with E-state index in [1.807, 2.05) is 54.6 Å². The van der Waals surface area contributed by atoms with Crippen molar-refractivity contribution in [2.24, 2.45) is 0 Å². The molecule has 1 nitrogen and oxygen atoms in total. The van der Waals surface area contributed by atoms with Crippen LogP contribution in [-0.2, 0) is 0 Å². The molecule has 0 saturated heterocycles. The molecule has 0 bridgehead atoms. The Hall–Kier alpha value is -1.09. The third-order valence-electron chi connectivity index (χ3n) is 2.50. The number of hydrogen-bond donors (Lipinski definition) is 0. The van der Waals surface area contributed by atoms with Gasteiger partial charge < -0.3 is 4.74 Å². The lowest BCUT2D eigenvalue weighted by molar-refractivity contribution is 0.363. The largest absolute Gasteiger partial charge is 0.490 e. The molecule has 20 heavy (non-hydrogen) atoms. The normalized spacial score (nSPS) is 10.9. The first-order valence-corrected chi connectivity index (χ1v) is 7.90. The summed E-state index contributed by atoms with van der Waals surface area (Å²) in [4.78, 5) is 1.09. The maximum absolute atomic E-state index is 6.08. The summed E-state index contributed by atoms with van der Waals surface area (Å²) in [6.07, 6.45) is 4.07. The summed E-state index contributed by atoms with van der Waals surface area (Å²) in [5.41, 5.74) is 0. The maximum atomic E-state index is 6.08. The molecule has 0 N–H and O–H groups in total. The molecular weight excluding hydrogens is 311 g/mol. The number of thioether (sulfide) groups is 1. The van der Waals surface area contributed by atoms with Crippen LogP contribution in [0, 0.1) is 0 Å². The van der Waals surface area contributed by atoms with Crippen LogP contribution in [0.4, 0.5) is 0 Å². The highest BCUT2D eigenvalue weighted by Crippen LogP contribution is 2.26. The minimum absolute atomic E-state index is 0.546. The van der Waals surface area contributed by atoms with Gasteiger partial charge in [-0.3, -0.25) is 0 Å². The molecule has 0 unspecified atom stereocenters. The molecule has 0 spiro atoms. The highest BCUT2D eigenvalue weighted by Gasteiger charge is 1.97. The van der Waals surface area contributed by atoms with Crippen molar-refractivity contribution in [3.8, 4) is 5.75 Å². The fourth-order valence-corrected chi connectivity index (χ4v) is 2.73. The van der Waals surface area contributed by atoms with E-state index in [2.05, 4.69) is 6.08 Å². The Kier molecular flexibility index (Phi) is 6.31. The van der Waals surface area contributed by atoms with Crippen LogP contribution < -0.4 is 4.74 Å². The Labute approximate surface area is 133 Å². The van der Waals surface area contributed by atoms with Crippen molar-refractivity contribution in [3.05, 3.63) is 70.7 Å². The molecule has 0 aliphatic heterocycles. The van der Waals surface area contributed by atoms with E-state index in [0.29, 0.717) is 11.6 Å². The number of halogens is 2. The van der Waals surface area contributed by atoms with Crippen LogP contribution in [0.25, 0.3) is 0 Å². The minimum atomic E-state index is 0.546. The third-order valence-corrected chi connectivity index (χ3v) is 4.22. The van der Waals surface area contributed by atoms with Crippen LogP contribution in [0.1, 0.15) is 0 Å². The monoisotopic (exact) mass is 324 g/mol. The zero-order chi connectivity index (χ0) is 14.2. The van der Waals surface area contributed by atoms with E-state index in [1.54, 1.807) is 11.8 Å². The molecule has 0 atom stereocenters. The van der Waals surface area contributed by atoms with E-state index in [9.17, 15) is 0 Å². The van der Waals surface area contributed by atoms with Crippen molar-refractivity contribution in [1.29, 1.82) is 0 Å². The number of benzene rings is 2. The Morgan fingerprint density at radius 2 is 1.70 bits per heavy atom. The van der Waals surface area contributed by atoms with E-state index >= 15 is 0 Å². The molecule has 0 saturated carbocycles. The zero-order valence-electron chi connectivity index (χ0n) is 10.8. The van der Waals surface area contributed by atoms with Crippen molar-refractivity contribution in [2.45, 2.75) is 4.90 Å². The van der Waals surface area contributed by atoms with Crippen LogP contribution in [-0.4, -0.2) is 12.4 Å². The predicted octanol–water partition coefficient (Wildman–Crippen LogP) is 5.72. The van der Waals surface area contributed by atoms with Crippen molar-refractivity contribution in [3.63, 3.8) is 0 Å². The van der Waals surface area contributed by atoms with Gasteiger partial charge >= 0.3 is 0 Å². The van der Waals surface area contributed by atoms with Crippen molar-refractivity contribution in [2.75, 3.05) is 12.4 Å². The van der Waals surface area contributed by atoms with E-state index in [0.717, 1.165) is 21.4 Å². The molecule has 2 aromatic rings. The summed E-state index contributed by atoms with van der Waals surface area (Å²) in [7, 11) is 0. The minimum Gasteiger partial charge on any atom is -0.490 e. The zero-order valence-corrected chi connectivity index (χ0v) is 13.1. The molecule has 0 aliphatic rings. The van der Waals surface area contributed by atoms with Crippen LogP contribution in [0.3, 0.4) is 0 Å². The van der Waals surface area contributed by atoms with Gasteiger partial charge in [0.2, 0.25) is 0 Å². The first-order chi connectivity index (χ1) is 9.75. The molecule has 0 aromatic heterocycles. The Bertz CT molecular complexity index is 567. The lowest BCUT2D eigenvalue weighted by Crippen LogP contribution is -1.92. The summed E-state index contributed by atoms with van der Waals surface area (Å²) in [5.74, 6) is 1.69. The smallest absolute Gasteiger partial charge is 0.119 e. The van der Waals surface area contributed by atoms with Gasteiger partial charge in [-0.15, -0.1) is 11.8 Å². The number of hydrogen-bond acceptors (Lipinski definition) is 2. The fourth-order valence-electron chi connectivity index (χ4n) is 1.51. The molecular formula is C16H14Cl2OS. The fraction of sp³-hybridized carbons (Fsp3) is 0.125. The van der Waals surface area contributed by atoms with Gasteiger partial charge in [0.25, 0.3) is 0 Å². The quantitative estimate of drug-likeness (QED) is 0.496. The van der Waals surface area contributed by atoms with Crippen molar-refractivity contribution >= 4 is 35.0 Å². The Morgan fingerprint density at radius 1 is 0.950 bits per heavy atom. The van der Waals surface area contributed by atoms with Crippen LogP contribution in [0.2, 0.25) is 10.0 Å². The lowest BCUT2D eigenvalue weighted by atomic mass is 10.3. The highest BCUT2D eigenvalue weighted by atomic mass is 35.5. The standard InChI is InChI=1S/C16H14Cl2OS/c17-13-7-9-14(10-8-13)19-11-3-4-12-20-16-6-2-1-5-15(16)18/h1-10H,11-12H2/b4-3+. The molecule has 0 aliphatic carbocycles. The predicted molar refractivity (Wildman–Crippen MR) is 88.3 cm³/mol. The first-order valence-electron chi connectivity index (χ1n) is 6.16. The Balaban J connectivity index is 1.70. The van der Waals surface area contributed by atoms with Gasteiger partial charge in [-0.25, -0.2) is 0 Å². The number of ether oxygens (including phenoxy) is 1. The maximum Gasteiger partial charge on any atom is 0.119 e. The van der Waals surface area contributed by atoms with Crippen molar-refractivity contribution in [1.82, 2.24) is 0 Å². The molecule has 2 aromatic carbocycles. The van der Waals surface area contributed by atoms with Gasteiger partial charge in [0.15, 0.2) is 0 Å². The second-order valence-electron chi connectivity index (χ2n) is 3.98. The van der Waals surface area contributed by atoms with Crippen molar-refractivity contribution < 1.29 is 4.74 Å². The SMILES string of the molecule is Clc1ccc(OC/C=C/CSc2ccccc2Cl)cc1. The summed E-state index contributed by atoms with van der Waals surface area (Å²) in [6, 6.07) is 15.2. The topological polar surface area (TPSA) is 9.23 Å². The average molecular weight is 325 g/mol. The third kappa shape index (κ3) is 5.12. The highest BCUT2D eigenvalue weighted by molar-refractivity contribution is 7.99. The lowest BCUT2D eigenvalue weighted by Gasteiger charge is -2.03. The summed E-state index contributed by atoms with van der Waals surface area (Å²) in [6.45, 7) is 0.546. The molecule has 4 heteroatoms. The first kappa shape index (κ1) is 15.3. The van der Waals surface area contributed by atoms with E-state index in [1.165, 1.54) is 0 Å². The molecule has 2 rings (SSSR count). The van der Waals surface area contributed by atoms with Gasteiger partial charge in [0, 0.05) is 15.7 Å².